The molecule has 122 valence electrons. The average Bonchev–Trinajstić information content (AvgIpc) is 2.56. The van der Waals surface area contributed by atoms with Gasteiger partial charge in [-0.3, -0.25) is 9.88 Å². The molecule has 0 amide bonds. The number of anilines is 1. The Hall–Kier alpha value is -1.62. The highest BCUT2D eigenvalue weighted by Crippen LogP contribution is 2.26. The van der Waals surface area contributed by atoms with E-state index in [1.165, 1.54) is 0 Å². The number of hydrogen-bond acceptors (Lipinski definition) is 4. The molecule has 0 saturated heterocycles. The normalized spacial score (nSPS) is 19.1. The van der Waals surface area contributed by atoms with Crippen LogP contribution in [0.25, 0.3) is 0 Å². The van der Waals surface area contributed by atoms with Crippen molar-refractivity contribution < 1.29 is 5.11 Å². The molecule has 2 aromatic rings. The molecular formula is C18H22ClN3O. The van der Waals surface area contributed by atoms with E-state index in [1.807, 2.05) is 37.5 Å². The van der Waals surface area contributed by atoms with Crippen molar-refractivity contribution in [3.63, 3.8) is 0 Å². The van der Waals surface area contributed by atoms with Crippen LogP contribution in [0, 0.1) is 0 Å². The lowest BCUT2D eigenvalue weighted by molar-refractivity contribution is 0.204. The summed E-state index contributed by atoms with van der Waals surface area (Å²) in [4.78, 5) is 9.05. The summed E-state index contributed by atoms with van der Waals surface area (Å²) in [5.74, 6) is 0. The Labute approximate surface area is 142 Å². The van der Waals surface area contributed by atoms with Crippen LogP contribution >= 0.6 is 11.6 Å². The molecule has 0 fully saturated rings. The molecular weight excluding hydrogens is 310 g/mol. The lowest BCUT2D eigenvalue weighted by Crippen LogP contribution is -2.41. The first kappa shape index (κ1) is 16.2. The number of rotatable bonds is 3. The number of aliphatic hydroxyl groups excluding tert-OH is 1. The third kappa shape index (κ3) is 3.66. The molecule has 5 heteroatoms. The topological polar surface area (TPSA) is 39.6 Å². The number of pyridine rings is 1. The maximum absolute atomic E-state index is 9.72. The number of nitrogens with zero attached hydrogens (tertiary/aromatic N) is 3. The van der Waals surface area contributed by atoms with Gasteiger partial charge in [-0.15, -0.1) is 0 Å². The summed E-state index contributed by atoms with van der Waals surface area (Å²) in [6.45, 7) is 2.61. The van der Waals surface area contributed by atoms with E-state index in [0.717, 1.165) is 48.0 Å². The Bertz CT molecular complexity index is 664. The Morgan fingerprint density at radius 1 is 1.26 bits per heavy atom. The van der Waals surface area contributed by atoms with E-state index in [-0.39, 0.29) is 12.6 Å². The first-order valence-corrected chi connectivity index (χ1v) is 8.30. The molecule has 0 aliphatic carbocycles. The first-order valence-electron chi connectivity index (χ1n) is 7.92. The second-order valence-corrected chi connectivity index (χ2v) is 6.41. The molecule has 0 saturated carbocycles. The maximum Gasteiger partial charge on any atom is 0.0776 e. The molecule has 1 unspecified atom stereocenters. The van der Waals surface area contributed by atoms with E-state index in [1.54, 1.807) is 0 Å². The zero-order valence-electron chi connectivity index (χ0n) is 13.3. The minimum atomic E-state index is 0.104. The van der Waals surface area contributed by atoms with Gasteiger partial charge < -0.3 is 10.0 Å². The fourth-order valence-electron chi connectivity index (χ4n) is 3.10. The summed E-state index contributed by atoms with van der Waals surface area (Å²) < 4.78 is 0. The van der Waals surface area contributed by atoms with Gasteiger partial charge in [-0.1, -0.05) is 29.8 Å². The highest BCUT2D eigenvalue weighted by Gasteiger charge is 2.23. The summed E-state index contributed by atoms with van der Waals surface area (Å²) in [5.41, 5.74) is 3.26. The second-order valence-electron chi connectivity index (χ2n) is 6.01. The Balaban J connectivity index is 1.87. The van der Waals surface area contributed by atoms with Crippen molar-refractivity contribution in [2.24, 2.45) is 0 Å². The van der Waals surface area contributed by atoms with Crippen molar-refractivity contribution >= 4 is 17.3 Å². The predicted molar refractivity (Wildman–Crippen MR) is 93.7 cm³/mol. The number of benzene rings is 1. The van der Waals surface area contributed by atoms with E-state index < -0.39 is 0 Å². The molecule has 1 aromatic heterocycles. The molecule has 1 aromatic carbocycles. The van der Waals surface area contributed by atoms with Crippen molar-refractivity contribution in [2.75, 3.05) is 25.1 Å². The van der Waals surface area contributed by atoms with Crippen LogP contribution in [0.15, 0.2) is 42.6 Å². The third-order valence-corrected chi connectivity index (χ3v) is 4.88. The molecule has 0 spiro atoms. The highest BCUT2D eigenvalue weighted by atomic mass is 35.5. The maximum atomic E-state index is 9.72. The van der Waals surface area contributed by atoms with E-state index in [2.05, 4.69) is 26.9 Å². The zero-order chi connectivity index (χ0) is 16.2. The van der Waals surface area contributed by atoms with Crippen molar-refractivity contribution in [1.82, 2.24) is 9.88 Å². The molecule has 23 heavy (non-hydrogen) atoms. The van der Waals surface area contributed by atoms with Gasteiger partial charge >= 0.3 is 0 Å². The van der Waals surface area contributed by atoms with Gasteiger partial charge in [0.25, 0.3) is 0 Å². The summed E-state index contributed by atoms with van der Waals surface area (Å²) in [7, 11) is 2.03. The number of aliphatic hydroxyl groups is 1. The SMILES string of the molecule is CN1c2cccnc2CN(Cc2ccccc2Cl)CCC1CO. The largest absolute Gasteiger partial charge is 0.394 e. The van der Waals surface area contributed by atoms with E-state index in [4.69, 9.17) is 11.6 Å². The van der Waals surface area contributed by atoms with Crippen LogP contribution in [0.4, 0.5) is 5.69 Å². The molecule has 1 aliphatic rings. The number of likely N-dealkylation sites (N-methyl/N-ethyl adjacent to an activating group) is 1. The third-order valence-electron chi connectivity index (χ3n) is 4.51. The monoisotopic (exact) mass is 331 g/mol. The van der Waals surface area contributed by atoms with Crippen LogP contribution in [0.5, 0.6) is 0 Å². The van der Waals surface area contributed by atoms with Gasteiger partial charge in [-0.05, 0) is 30.2 Å². The van der Waals surface area contributed by atoms with Gasteiger partial charge in [0.1, 0.15) is 0 Å². The van der Waals surface area contributed by atoms with Gasteiger partial charge in [0.15, 0.2) is 0 Å². The van der Waals surface area contributed by atoms with E-state index >= 15 is 0 Å². The van der Waals surface area contributed by atoms with Crippen LogP contribution in [-0.4, -0.2) is 41.2 Å². The van der Waals surface area contributed by atoms with Crippen LogP contribution in [0.2, 0.25) is 5.02 Å². The minimum Gasteiger partial charge on any atom is -0.394 e. The molecule has 0 radical (unpaired) electrons. The fourth-order valence-corrected chi connectivity index (χ4v) is 3.30. The number of fused-ring (bicyclic) bond motifs is 1. The zero-order valence-corrected chi connectivity index (χ0v) is 14.1. The Kier molecular flexibility index (Phi) is 5.16. The van der Waals surface area contributed by atoms with Crippen LogP contribution in [0.1, 0.15) is 17.7 Å². The van der Waals surface area contributed by atoms with Gasteiger partial charge in [-0.2, -0.15) is 0 Å². The number of hydrogen-bond donors (Lipinski definition) is 1. The molecule has 1 atom stereocenters. The molecule has 3 rings (SSSR count). The molecule has 1 N–H and O–H groups in total. The fraction of sp³-hybridized carbons (Fsp3) is 0.389. The Morgan fingerprint density at radius 3 is 2.87 bits per heavy atom. The summed E-state index contributed by atoms with van der Waals surface area (Å²) in [6.07, 6.45) is 2.74. The van der Waals surface area contributed by atoms with Gasteiger partial charge in [0.2, 0.25) is 0 Å². The van der Waals surface area contributed by atoms with Crippen LogP contribution < -0.4 is 4.90 Å². The number of aromatic nitrogens is 1. The smallest absolute Gasteiger partial charge is 0.0776 e. The van der Waals surface area contributed by atoms with Crippen LogP contribution in [-0.2, 0) is 13.1 Å². The average molecular weight is 332 g/mol. The van der Waals surface area contributed by atoms with Crippen molar-refractivity contribution in [2.45, 2.75) is 25.6 Å². The predicted octanol–water partition coefficient (Wildman–Crippen LogP) is 2.94. The second kappa shape index (κ2) is 7.30. The summed E-state index contributed by atoms with van der Waals surface area (Å²) in [6, 6.07) is 12.1. The summed E-state index contributed by atoms with van der Waals surface area (Å²) in [5, 5.41) is 10.5. The molecule has 0 bridgehead atoms. The van der Waals surface area contributed by atoms with E-state index in [9.17, 15) is 5.11 Å². The lowest BCUT2D eigenvalue weighted by atomic mass is 10.1. The van der Waals surface area contributed by atoms with Crippen molar-refractivity contribution in [3.8, 4) is 0 Å². The standard InChI is InChI=1S/C18H22ClN3O/c1-21-15(13-23)8-10-22(11-14-5-2-3-6-16(14)19)12-17-18(21)7-4-9-20-17/h2-7,9,15,23H,8,10-13H2,1H3. The molecule has 1 aliphatic heterocycles. The van der Waals surface area contributed by atoms with Gasteiger partial charge in [-0.25, -0.2) is 0 Å². The Morgan fingerprint density at radius 2 is 2.09 bits per heavy atom. The van der Waals surface area contributed by atoms with Crippen LogP contribution in [0.3, 0.4) is 0 Å². The van der Waals surface area contributed by atoms with E-state index in [0.29, 0.717) is 0 Å². The number of halogens is 1. The van der Waals surface area contributed by atoms with Crippen molar-refractivity contribution in [1.29, 1.82) is 0 Å². The lowest BCUT2D eigenvalue weighted by Gasteiger charge is -2.35. The molecule has 2 heterocycles. The first-order chi connectivity index (χ1) is 11.2. The van der Waals surface area contributed by atoms with Gasteiger partial charge in [0.05, 0.1) is 24.0 Å². The van der Waals surface area contributed by atoms with Gasteiger partial charge in [0, 0.05) is 37.9 Å². The molecule has 4 nitrogen and oxygen atoms in total. The van der Waals surface area contributed by atoms with Crippen molar-refractivity contribution in [3.05, 3.63) is 58.9 Å². The summed E-state index contributed by atoms with van der Waals surface area (Å²) >= 11 is 6.31. The minimum absolute atomic E-state index is 0.104. The highest BCUT2D eigenvalue weighted by molar-refractivity contribution is 6.31. The quantitative estimate of drug-likeness (QED) is 0.938.